The van der Waals surface area contributed by atoms with E-state index in [1.165, 1.54) is 0 Å². The summed E-state index contributed by atoms with van der Waals surface area (Å²) in [5, 5.41) is 0.520. The molecule has 0 saturated carbocycles. The normalized spacial score (nSPS) is 10.2. The van der Waals surface area contributed by atoms with Crippen LogP contribution in [0.15, 0.2) is 22.7 Å². The first-order chi connectivity index (χ1) is 8.45. The summed E-state index contributed by atoms with van der Waals surface area (Å²) in [6.45, 7) is 3.05. The highest BCUT2D eigenvalue weighted by molar-refractivity contribution is 9.10. The fourth-order valence-corrected chi connectivity index (χ4v) is 1.98. The number of hydrogen-bond acceptors (Lipinski definition) is 2. The van der Waals surface area contributed by atoms with Crippen molar-refractivity contribution in [2.45, 2.75) is 13.3 Å². The Hall–Kier alpha value is -0.650. The highest BCUT2D eigenvalue weighted by Gasteiger charge is 2.15. The van der Waals surface area contributed by atoms with E-state index in [-0.39, 0.29) is 5.91 Å². The maximum Gasteiger partial charge on any atom is 0.253 e. The van der Waals surface area contributed by atoms with E-state index in [2.05, 4.69) is 15.9 Å². The third-order valence-electron chi connectivity index (χ3n) is 2.46. The Morgan fingerprint density at radius 1 is 1.56 bits per heavy atom. The van der Waals surface area contributed by atoms with Crippen molar-refractivity contribution in [3.63, 3.8) is 0 Å². The molecule has 1 aromatic rings. The van der Waals surface area contributed by atoms with E-state index in [4.69, 9.17) is 29.6 Å². The van der Waals surface area contributed by atoms with Crippen LogP contribution in [0.5, 0.6) is 0 Å². The molecule has 2 N–H and O–H groups in total. The average Bonchev–Trinajstić information content (AvgIpc) is 2.32. The Bertz CT molecular complexity index is 467. The number of carbonyl (C=O) groups excluding carboxylic acids is 1. The van der Waals surface area contributed by atoms with Crippen molar-refractivity contribution in [2.75, 3.05) is 13.1 Å². The minimum Gasteiger partial charge on any atom is -0.393 e. The van der Waals surface area contributed by atoms with E-state index in [0.717, 1.165) is 4.47 Å². The molecule has 0 saturated heterocycles. The molecule has 0 aromatic heterocycles. The molecule has 3 nitrogen and oxygen atoms in total. The van der Waals surface area contributed by atoms with Gasteiger partial charge in [-0.1, -0.05) is 23.8 Å². The van der Waals surface area contributed by atoms with Crippen molar-refractivity contribution >= 4 is 50.6 Å². The van der Waals surface area contributed by atoms with E-state index < -0.39 is 0 Å². The van der Waals surface area contributed by atoms with Crippen LogP contribution in [0.1, 0.15) is 23.7 Å². The Labute approximate surface area is 125 Å². The molecule has 0 heterocycles. The molecule has 18 heavy (non-hydrogen) atoms. The molecule has 0 aliphatic carbocycles. The lowest BCUT2D eigenvalue weighted by Gasteiger charge is -2.20. The standard InChI is InChI=1S/C12H14BrClN2OS/c1-2-16(6-5-11(15)18)12(17)8-3-4-9(13)10(14)7-8/h3-4,7H,2,5-6H2,1H3,(H2,15,18). The molecule has 0 aliphatic rings. The number of thiocarbonyl (C=S) groups is 1. The van der Waals surface area contributed by atoms with Gasteiger partial charge in [-0.05, 0) is 41.1 Å². The Kier molecular flexibility index (Phi) is 6.05. The summed E-state index contributed by atoms with van der Waals surface area (Å²) in [6, 6.07) is 5.15. The lowest BCUT2D eigenvalue weighted by Crippen LogP contribution is -2.33. The molecular formula is C12H14BrClN2OS. The second-order valence-electron chi connectivity index (χ2n) is 3.73. The highest BCUT2D eigenvalue weighted by Crippen LogP contribution is 2.23. The van der Waals surface area contributed by atoms with Crippen LogP contribution in [0.2, 0.25) is 5.02 Å². The number of nitrogens with two attached hydrogens (primary N) is 1. The first-order valence-electron chi connectivity index (χ1n) is 5.48. The molecule has 0 unspecified atom stereocenters. The number of rotatable bonds is 5. The van der Waals surface area contributed by atoms with Gasteiger partial charge in [0.25, 0.3) is 5.91 Å². The number of amides is 1. The van der Waals surface area contributed by atoms with Gasteiger partial charge >= 0.3 is 0 Å². The third kappa shape index (κ3) is 4.23. The summed E-state index contributed by atoms with van der Waals surface area (Å²) in [4.78, 5) is 14.3. The molecule has 0 bridgehead atoms. The van der Waals surface area contributed by atoms with E-state index in [1.807, 2.05) is 6.92 Å². The van der Waals surface area contributed by atoms with Crippen molar-refractivity contribution in [3.05, 3.63) is 33.3 Å². The predicted octanol–water partition coefficient (Wildman–Crippen LogP) is 3.24. The van der Waals surface area contributed by atoms with Crippen molar-refractivity contribution in [2.24, 2.45) is 5.73 Å². The largest absolute Gasteiger partial charge is 0.393 e. The zero-order chi connectivity index (χ0) is 13.7. The number of halogens is 2. The minimum atomic E-state index is -0.0665. The van der Waals surface area contributed by atoms with Gasteiger partial charge in [0.05, 0.1) is 10.0 Å². The van der Waals surface area contributed by atoms with Gasteiger partial charge in [-0.2, -0.15) is 0 Å². The quantitative estimate of drug-likeness (QED) is 0.830. The van der Waals surface area contributed by atoms with Crippen LogP contribution in [-0.2, 0) is 0 Å². The van der Waals surface area contributed by atoms with Crippen molar-refractivity contribution in [3.8, 4) is 0 Å². The topological polar surface area (TPSA) is 46.3 Å². The summed E-state index contributed by atoms with van der Waals surface area (Å²) in [5.41, 5.74) is 6.01. The average molecular weight is 350 g/mol. The molecule has 0 aliphatic heterocycles. The number of hydrogen-bond donors (Lipinski definition) is 1. The smallest absolute Gasteiger partial charge is 0.253 e. The van der Waals surface area contributed by atoms with Crippen LogP contribution < -0.4 is 5.73 Å². The van der Waals surface area contributed by atoms with Crippen LogP contribution in [0.4, 0.5) is 0 Å². The number of nitrogens with zero attached hydrogens (tertiary/aromatic N) is 1. The van der Waals surface area contributed by atoms with Crippen LogP contribution >= 0.6 is 39.7 Å². The molecule has 98 valence electrons. The maximum atomic E-state index is 12.2. The van der Waals surface area contributed by atoms with Gasteiger partial charge in [-0.25, -0.2) is 0 Å². The molecule has 0 fully saturated rings. The van der Waals surface area contributed by atoms with Gasteiger partial charge in [0.1, 0.15) is 0 Å². The summed E-state index contributed by atoms with van der Waals surface area (Å²) in [5.74, 6) is -0.0665. The Morgan fingerprint density at radius 2 is 2.22 bits per heavy atom. The first kappa shape index (κ1) is 15.4. The number of carbonyl (C=O) groups is 1. The van der Waals surface area contributed by atoms with Crippen molar-refractivity contribution in [1.29, 1.82) is 0 Å². The van der Waals surface area contributed by atoms with Crippen LogP contribution in [-0.4, -0.2) is 28.9 Å². The van der Waals surface area contributed by atoms with E-state index >= 15 is 0 Å². The van der Waals surface area contributed by atoms with E-state index in [1.54, 1.807) is 23.1 Å². The van der Waals surface area contributed by atoms with Gasteiger partial charge in [0, 0.05) is 29.5 Å². The minimum absolute atomic E-state index is 0.0665. The predicted molar refractivity (Wildman–Crippen MR) is 82.1 cm³/mol. The molecule has 1 rings (SSSR count). The van der Waals surface area contributed by atoms with Crippen LogP contribution in [0, 0.1) is 0 Å². The monoisotopic (exact) mass is 348 g/mol. The van der Waals surface area contributed by atoms with Crippen molar-refractivity contribution < 1.29 is 4.79 Å². The second kappa shape index (κ2) is 7.07. The second-order valence-corrected chi connectivity index (χ2v) is 5.52. The zero-order valence-corrected chi connectivity index (χ0v) is 13.1. The third-order valence-corrected chi connectivity index (χ3v) is 3.90. The molecule has 6 heteroatoms. The Morgan fingerprint density at radius 3 is 2.72 bits per heavy atom. The zero-order valence-electron chi connectivity index (χ0n) is 9.95. The van der Waals surface area contributed by atoms with Gasteiger partial charge in [0.2, 0.25) is 0 Å². The van der Waals surface area contributed by atoms with Crippen LogP contribution in [0.25, 0.3) is 0 Å². The van der Waals surface area contributed by atoms with Gasteiger partial charge < -0.3 is 10.6 Å². The lowest BCUT2D eigenvalue weighted by atomic mass is 10.2. The molecule has 1 amide bonds. The van der Waals surface area contributed by atoms with Crippen LogP contribution in [0.3, 0.4) is 0 Å². The highest BCUT2D eigenvalue weighted by atomic mass is 79.9. The Balaban J connectivity index is 2.82. The summed E-state index contributed by atoms with van der Waals surface area (Å²) in [7, 11) is 0. The van der Waals surface area contributed by atoms with Gasteiger partial charge in [-0.15, -0.1) is 0 Å². The van der Waals surface area contributed by atoms with Gasteiger partial charge in [0.15, 0.2) is 0 Å². The van der Waals surface area contributed by atoms with Crippen molar-refractivity contribution in [1.82, 2.24) is 4.90 Å². The lowest BCUT2D eigenvalue weighted by molar-refractivity contribution is 0.0769. The molecule has 0 radical (unpaired) electrons. The SMILES string of the molecule is CCN(CCC(N)=S)C(=O)c1ccc(Br)c(Cl)c1. The van der Waals surface area contributed by atoms with E-state index in [0.29, 0.717) is 35.1 Å². The summed E-state index contributed by atoms with van der Waals surface area (Å²) in [6.07, 6.45) is 0.527. The fourth-order valence-electron chi connectivity index (χ4n) is 1.46. The fraction of sp³-hybridized carbons (Fsp3) is 0.333. The first-order valence-corrected chi connectivity index (χ1v) is 7.06. The molecule has 0 atom stereocenters. The van der Waals surface area contributed by atoms with Gasteiger partial charge in [-0.3, -0.25) is 4.79 Å². The molecule has 1 aromatic carbocycles. The molecular weight excluding hydrogens is 336 g/mol. The maximum absolute atomic E-state index is 12.2. The summed E-state index contributed by atoms with van der Waals surface area (Å²) < 4.78 is 0.770. The summed E-state index contributed by atoms with van der Waals surface area (Å²) >= 11 is 14.1. The van der Waals surface area contributed by atoms with E-state index in [9.17, 15) is 4.79 Å². The molecule has 0 spiro atoms. The number of benzene rings is 1.